The van der Waals surface area contributed by atoms with E-state index >= 15 is 0 Å². The van der Waals surface area contributed by atoms with Crippen LogP contribution in [0, 0.1) is 10.1 Å². The van der Waals surface area contributed by atoms with Crippen molar-refractivity contribution in [2.45, 2.75) is 6.42 Å². The van der Waals surface area contributed by atoms with Gasteiger partial charge in [0.05, 0.1) is 11.3 Å². The number of hydrogen-bond acceptors (Lipinski definition) is 5. The molecule has 1 aromatic heterocycles. The summed E-state index contributed by atoms with van der Waals surface area (Å²) in [5.74, 6) is -0.928. The summed E-state index contributed by atoms with van der Waals surface area (Å²) in [5, 5.41) is 16.8. The highest BCUT2D eigenvalue weighted by Gasteiger charge is 2.22. The van der Waals surface area contributed by atoms with Crippen LogP contribution in [0.15, 0.2) is 83.3 Å². The molecule has 1 heterocycles. The van der Waals surface area contributed by atoms with Gasteiger partial charge < -0.3 is 15.1 Å². The van der Waals surface area contributed by atoms with E-state index in [0.29, 0.717) is 16.7 Å². The molecule has 2 N–H and O–H groups in total. The minimum Gasteiger partial charge on any atom is -0.449 e. The molecule has 3 aromatic carbocycles. The molecule has 0 spiro atoms. The summed E-state index contributed by atoms with van der Waals surface area (Å²) in [7, 11) is 0. The quantitative estimate of drug-likeness (QED) is 0.348. The van der Waals surface area contributed by atoms with E-state index in [9.17, 15) is 19.7 Å². The van der Waals surface area contributed by atoms with Crippen molar-refractivity contribution < 1.29 is 18.9 Å². The average molecular weight is 415 g/mol. The number of amides is 2. The highest BCUT2D eigenvalue weighted by molar-refractivity contribution is 6.14. The van der Waals surface area contributed by atoms with Crippen molar-refractivity contribution in [1.82, 2.24) is 0 Å². The maximum atomic E-state index is 12.9. The Bertz CT molecular complexity index is 1260. The van der Waals surface area contributed by atoms with Crippen LogP contribution in [0.25, 0.3) is 11.0 Å². The van der Waals surface area contributed by atoms with Crippen LogP contribution in [0.1, 0.15) is 16.1 Å². The van der Waals surface area contributed by atoms with Gasteiger partial charge in [-0.3, -0.25) is 19.7 Å². The van der Waals surface area contributed by atoms with Gasteiger partial charge in [0.25, 0.3) is 11.6 Å². The number of rotatable bonds is 6. The van der Waals surface area contributed by atoms with Gasteiger partial charge in [0.2, 0.25) is 11.7 Å². The van der Waals surface area contributed by atoms with Crippen LogP contribution in [-0.2, 0) is 11.2 Å². The van der Waals surface area contributed by atoms with Crippen molar-refractivity contribution in [3.8, 4) is 0 Å². The third kappa shape index (κ3) is 4.43. The number of para-hydroxylation sites is 1. The van der Waals surface area contributed by atoms with Crippen molar-refractivity contribution >= 4 is 39.8 Å². The van der Waals surface area contributed by atoms with E-state index in [-0.39, 0.29) is 29.5 Å². The molecular weight excluding hydrogens is 398 g/mol. The zero-order valence-corrected chi connectivity index (χ0v) is 16.2. The van der Waals surface area contributed by atoms with Gasteiger partial charge >= 0.3 is 0 Å². The number of furan rings is 1. The van der Waals surface area contributed by atoms with Crippen molar-refractivity contribution in [3.63, 3.8) is 0 Å². The normalized spacial score (nSPS) is 10.6. The molecule has 0 aliphatic carbocycles. The third-order valence-corrected chi connectivity index (χ3v) is 4.61. The van der Waals surface area contributed by atoms with E-state index in [1.54, 1.807) is 24.3 Å². The van der Waals surface area contributed by atoms with Crippen LogP contribution >= 0.6 is 0 Å². The Labute approximate surface area is 176 Å². The summed E-state index contributed by atoms with van der Waals surface area (Å²) in [6, 6.07) is 21.7. The van der Waals surface area contributed by atoms with E-state index in [4.69, 9.17) is 4.42 Å². The Morgan fingerprint density at radius 3 is 2.26 bits per heavy atom. The van der Waals surface area contributed by atoms with Gasteiger partial charge in [0.15, 0.2) is 0 Å². The number of anilines is 2. The summed E-state index contributed by atoms with van der Waals surface area (Å²) in [6.07, 6.45) is 0.143. The lowest BCUT2D eigenvalue weighted by Gasteiger charge is -2.07. The van der Waals surface area contributed by atoms with Crippen LogP contribution in [0.4, 0.5) is 17.1 Å². The largest absolute Gasteiger partial charge is 0.449 e. The van der Waals surface area contributed by atoms with Gasteiger partial charge in [-0.1, -0.05) is 42.5 Å². The van der Waals surface area contributed by atoms with E-state index < -0.39 is 10.8 Å². The molecule has 8 heteroatoms. The first-order valence-corrected chi connectivity index (χ1v) is 9.42. The summed E-state index contributed by atoms with van der Waals surface area (Å²) < 4.78 is 5.71. The Hall–Kier alpha value is -4.46. The number of fused-ring (bicyclic) bond motifs is 1. The highest BCUT2D eigenvalue weighted by Crippen LogP contribution is 2.31. The summed E-state index contributed by atoms with van der Waals surface area (Å²) in [6.45, 7) is 0. The molecule has 4 aromatic rings. The monoisotopic (exact) mass is 415 g/mol. The highest BCUT2D eigenvalue weighted by atomic mass is 16.6. The minimum absolute atomic E-state index is 0.0547. The molecule has 154 valence electrons. The second kappa shape index (κ2) is 8.50. The number of non-ortho nitro benzene ring substituents is 1. The number of nitro groups is 1. The van der Waals surface area contributed by atoms with E-state index in [1.165, 1.54) is 24.3 Å². The minimum atomic E-state index is -0.583. The number of hydrogen-bond donors (Lipinski definition) is 2. The molecule has 0 saturated heterocycles. The van der Waals surface area contributed by atoms with Gasteiger partial charge in [-0.25, -0.2) is 0 Å². The first-order chi connectivity index (χ1) is 15.0. The molecule has 0 aliphatic heterocycles. The van der Waals surface area contributed by atoms with Gasteiger partial charge in [-0.2, -0.15) is 0 Å². The van der Waals surface area contributed by atoms with Crippen molar-refractivity contribution in [3.05, 3.63) is 100 Å². The first kappa shape index (κ1) is 19.8. The Kier molecular flexibility index (Phi) is 5.44. The lowest BCUT2D eigenvalue weighted by molar-refractivity contribution is -0.384. The number of carbonyl (C=O) groups excluding carboxylic acids is 2. The second-order valence-electron chi connectivity index (χ2n) is 6.77. The summed E-state index contributed by atoms with van der Waals surface area (Å²) in [4.78, 5) is 35.8. The molecule has 2 amide bonds. The molecule has 0 unspecified atom stereocenters. The fraction of sp³-hybridized carbons (Fsp3) is 0.0435. The smallest absolute Gasteiger partial charge is 0.293 e. The number of benzene rings is 3. The standard InChI is InChI=1S/C23H17N3O5/c27-20(14-15-6-2-1-3-7-15)25-21-18-8-4-5-9-19(18)31-22(21)23(28)24-16-10-12-17(13-11-16)26(29)30/h1-13H,14H2,(H,24,28)(H,25,27). The van der Waals surface area contributed by atoms with Gasteiger partial charge in [-0.15, -0.1) is 0 Å². The zero-order chi connectivity index (χ0) is 21.8. The molecule has 0 atom stereocenters. The van der Waals surface area contributed by atoms with E-state index in [0.717, 1.165) is 5.56 Å². The van der Waals surface area contributed by atoms with Gasteiger partial charge in [-0.05, 0) is 29.8 Å². The maximum absolute atomic E-state index is 12.9. The SMILES string of the molecule is O=C(Cc1ccccc1)Nc1c(C(=O)Nc2ccc([N+](=O)[O-])cc2)oc2ccccc12. The topological polar surface area (TPSA) is 114 Å². The van der Waals surface area contributed by atoms with Crippen LogP contribution in [0.2, 0.25) is 0 Å². The number of carbonyl (C=O) groups is 2. The molecular formula is C23H17N3O5. The van der Waals surface area contributed by atoms with Crippen molar-refractivity contribution in [1.29, 1.82) is 0 Å². The van der Waals surface area contributed by atoms with Crippen LogP contribution in [-0.4, -0.2) is 16.7 Å². The van der Waals surface area contributed by atoms with Crippen molar-refractivity contribution in [2.24, 2.45) is 0 Å². The van der Waals surface area contributed by atoms with Crippen LogP contribution < -0.4 is 10.6 Å². The maximum Gasteiger partial charge on any atom is 0.293 e. The third-order valence-electron chi connectivity index (χ3n) is 4.61. The molecule has 0 fully saturated rings. The molecule has 0 bridgehead atoms. The molecule has 8 nitrogen and oxygen atoms in total. The van der Waals surface area contributed by atoms with Gasteiger partial charge in [0, 0.05) is 23.2 Å². The molecule has 31 heavy (non-hydrogen) atoms. The van der Waals surface area contributed by atoms with E-state index in [2.05, 4.69) is 10.6 Å². The van der Waals surface area contributed by atoms with Crippen LogP contribution in [0.3, 0.4) is 0 Å². The Morgan fingerprint density at radius 1 is 0.871 bits per heavy atom. The molecule has 4 rings (SSSR count). The lowest BCUT2D eigenvalue weighted by atomic mass is 10.1. The fourth-order valence-electron chi connectivity index (χ4n) is 3.15. The number of nitrogens with zero attached hydrogens (tertiary/aromatic N) is 1. The van der Waals surface area contributed by atoms with Crippen LogP contribution in [0.5, 0.6) is 0 Å². The summed E-state index contributed by atoms with van der Waals surface area (Å²) >= 11 is 0. The predicted molar refractivity (Wildman–Crippen MR) is 116 cm³/mol. The lowest BCUT2D eigenvalue weighted by Crippen LogP contribution is -2.18. The Balaban J connectivity index is 1.60. The fourth-order valence-corrected chi connectivity index (χ4v) is 3.15. The number of nitro benzene ring substituents is 1. The average Bonchev–Trinajstić information content (AvgIpc) is 3.13. The summed E-state index contributed by atoms with van der Waals surface area (Å²) in [5.41, 5.74) is 1.83. The zero-order valence-electron chi connectivity index (χ0n) is 16.2. The van der Waals surface area contributed by atoms with Crippen molar-refractivity contribution in [2.75, 3.05) is 10.6 Å². The van der Waals surface area contributed by atoms with Gasteiger partial charge in [0.1, 0.15) is 11.3 Å². The molecule has 0 saturated carbocycles. The number of nitrogens with one attached hydrogen (secondary N) is 2. The second-order valence-corrected chi connectivity index (χ2v) is 6.77. The first-order valence-electron chi connectivity index (χ1n) is 9.42. The molecule has 0 aliphatic rings. The Morgan fingerprint density at radius 2 is 1.55 bits per heavy atom. The molecule has 0 radical (unpaired) electrons. The van der Waals surface area contributed by atoms with E-state index in [1.807, 2.05) is 30.3 Å². The predicted octanol–water partition coefficient (Wildman–Crippen LogP) is 4.77.